The fourth-order valence-corrected chi connectivity index (χ4v) is 7.37. The second-order valence-electron chi connectivity index (χ2n) is 10.7. The number of carbonyl (C=O) groups excluding carboxylic acids is 2. The van der Waals surface area contributed by atoms with Gasteiger partial charge in [-0.2, -0.15) is 0 Å². The number of rotatable bonds is 2. The molecular weight excluding hydrogens is 366 g/mol. The number of hydrogen-bond acceptors (Lipinski definition) is 5. The molecule has 0 amide bonds. The van der Waals surface area contributed by atoms with Gasteiger partial charge in [-0.25, -0.2) is 0 Å². The van der Waals surface area contributed by atoms with Crippen LogP contribution in [-0.2, 0) is 19.1 Å². The summed E-state index contributed by atoms with van der Waals surface area (Å²) in [5.74, 6) is 2.26. The Morgan fingerprint density at radius 2 is 1.83 bits per heavy atom. The highest BCUT2D eigenvalue weighted by Crippen LogP contribution is 2.74. The summed E-state index contributed by atoms with van der Waals surface area (Å²) < 4.78 is 10.7. The summed E-state index contributed by atoms with van der Waals surface area (Å²) in [6, 6.07) is 0.0231. The lowest BCUT2D eigenvalue weighted by molar-refractivity contribution is -0.148. The quantitative estimate of drug-likeness (QED) is 0.654. The van der Waals surface area contributed by atoms with Gasteiger partial charge in [0.2, 0.25) is 0 Å². The van der Waals surface area contributed by atoms with Crippen LogP contribution >= 0.6 is 0 Å². The molecule has 6 aliphatic rings. The number of likely N-dealkylation sites (N-methyl/N-ethyl adjacent to an activating group) is 1. The number of fused-ring (bicyclic) bond motifs is 5. The molecule has 2 saturated heterocycles. The molecule has 2 spiro atoms. The van der Waals surface area contributed by atoms with E-state index in [9.17, 15) is 9.59 Å². The molecule has 2 aliphatic heterocycles. The minimum Gasteiger partial charge on any atom is -0.465 e. The van der Waals surface area contributed by atoms with E-state index in [0.717, 1.165) is 37.6 Å². The van der Waals surface area contributed by atoms with Crippen molar-refractivity contribution < 1.29 is 19.1 Å². The zero-order chi connectivity index (χ0) is 20.2. The van der Waals surface area contributed by atoms with Crippen LogP contribution in [0.15, 0.2) is 0 Å². The molecular formula is C24H37NO4. The van der Waals surface area contributed by atoms with Crippen LogP contribution in [0.1, 0.15) is 77.6 Å². The van der Waals surface area contributed by atoms with Crippen molar-refractivity contribution in [2.75, 3.05) is 20.2 Å². The van der Waals surface area contributed by atoms with E-state index in [4.69, 9.17) is 9.47 Å². The van der Waals surface area contributed by atoms with Crippen molar-refractivity contribution >= 4 is 11.9 Å². The topological polar surface area (TPSA) is 55.8 Å². The lowest BCUT2D eigenvalue weighted by Crippen LogP contribution is -2.34. The van der Waals surface area contributed by atoms with Gasteiger partial charge in [0.05, 0.1) is 13.0 Å². The van der Waals surface area contributed by atoms with Gasteiger partial charge in [0.15, 0.2) is 0 Å². The highest BCUT2D eigenvalue weighted by atomic mass is 16.6. The van der Waals surface area contributed by atoms with E-state index in [-0.39, 0.29) is 18.0 Å². The number of likely N-dealkylation sites (tertiary alicyclic amines) is 1. The standard InChI is InChI=1S/C16H22O2.C8H15NO2/c17-12-9-10-1-3-15(5-6-15)11-2-4-16(7-8-16)13(11)14(10)18-12;1-3-11-8(10)7-5-4-6-9(7)2/h10-11,13-14H,1-9H2;7H,3-6H2,1-2H3/t10-,11?,13?,14?;/m0./s1. The van der Waals surface area contributed by atoms with Crippen LogP contribution in [0.25, 0.3) is 0 Å². The summed E-state index contributed by atoms with van der Waals surface area (Å²) >= 11 is 0. The smallest absolute Gasteiger partial charge is 0.323 e. The number of carbonyl (C=O) groups is 2. The zero-order valence-electron chi connectivity index (χ0n) is 18.2. The van der Waals surface area contributed by atoms with Gasteiger partial charge in [0, 0.05) is 11.8 Å². The average molecular weight is 404 g/mol. The Balaban J connectivity index is 0.000000144. The molecule has 0 aromatic rings. The Bertz CT molecular complexity index is 668. The first-order chi connectivity index (χ1) is 14.0. The molecule has 6 fully saturated rings. The van der Waals surface area contributed by atoms with Crippen molar-refractivity contribution in [3.8, 4) is 0 Å². The predicted octanol–water partition coefficient (Wildman–Crippen LogP) is 3.94. The van der Waals surface area contributed by atoms with E-state index in [1.54, 1.807) is 0 Å². The Kier molecular flexibility index (Phi) is 4.96. The fraction of sp³-hybridized carbons (Fsp3) is 0.917. The molecule has 5 heteroatoms. The van der Waals surface area contributed by atoms with E-state index in [0.29, 0.717) is 29.5 Å². The van der Waals surface area contributed by atoms with Gasteiger partial charge < -0.3 is 9.47 Å². The third-order valence-corrected chi connectivity index (χ3v) is 9.27. The molecule has 162 valence electrons. The van der Waals surface area contributed by atoms with Crippen LogP contribution in [0, 0.1) is 28.6 Å². The Labute approximate surface area is 174 Å². The van der Waals surface area contributed by atoms with Crippen molar-refractivity contribution in [3.63, 3.8) is 0 Å². The molecule has 0 aromatic carbocycles. The molecule has 0 aromatic heterocycles. The largest absolute Gasteiger partial charge is 0.465 e. The van der Waals surface area contributed by atoms with Gasteiger partial charge in [-0.1, -0.05) is 0 Å². The third kappa shape index (κ3) is 3.41. The molecule has 5 nitrogen and oxygen atoms in total. The molecule has 0 radical (unpaired) electrons. The second kappa shape index (κ2) is 7.25. The molecule has 0 bridgehead atoms. The van der Waals surface area contributed by atoms with Gasteiger partial charge >= 0.3 is 11.9 Å². The predicted molar refractivity (Wildman–Crippen MR) is 109 cm³/mol. The molecule has 2 heterocycles. The van der Waals surface area contributed by atoms with Gasteiger partial charge in [-0.05, 0) is 101 Å². The molecule has 4 saturated carbocycles. The molecule has 0 N–H and O–H groups in total. The maximum absolute atomic E-state index is 11.7. The first kappa shape index (κ1) is 19.8. The molecule has 4 aliphatic carbocycles. The molecule has 5 atom stereocenters. The first-order valence-electron chi connectivity index (χ1n) is 12.0. The Hall–Kier alpha value is -1.10. The van der Waals surface area contributed by atoms with E-state index in [2.05, 4.69) is 4.90 Å². The molecule has 4 unspecified atom stereocenters. The van der Waals surface area contributed by atoms with Crippen molar-refractivity contribution in [1.82, 2.24) is 4.90 Å². The van der Waals surface area contributed by atoms with Crippen LogP contribution in [0.5, 0.6) is 0 Å². The van der Waals surface area contributed by atoms with E-state index >= 15 is 0 Å². The summed E-state index contributed by atoms with van der Waals surface area (Å²) in [7, 11) is 1.97. The summed E-state index contributed by atoms with van der Waals surface area (Å²) in [6.07, 6.45) is 14.4. The van der Waals surface area contributed by atoms with Crippen LogP contribution in [0.4, 0.5) is 0 Å². The van der Waals surface area contributed by atoms with Gasteiger partial charge in [0.25, 0.3) is 0 Å². The van der Waals surface area contributed by atoms with E-state index in [1.165, 1.54) is 51.4 Å². The average Bonchev–Trinajstić information content (AvgIpc) is 3.52. The second-order valence-corrected chi connectivity index (χ2v) is 10.7. The maximum atomic E-state index is 11.7. The summed E-state index contributed by atoms with van der Waals surface area (Å²) in [5.41, 5.74) is 1.33. The zero-order valence-corrected chi connectivity index (χ0v) is 18.2. The number of nitrogens with zero attached hydrogens (tertiary/aromatic N) is 1. The highest BCUT2D eigenvalue weighted by Gasteiger charge is 2.68. The van der Waals surface area contributed by atoms with E-state index in [1.807, 2.05) is 14.0 Å². The third-order valence-electron chi connectivity index (χ3n) is 9.27. The first-order valence-corrected chi connectivity index (χ1v) is 12.0. The van der Waals surface area contributed by atoms with Crippen LogP contribution < -0.4 is 0 Å². The minimum atomic E-state index is -0.0625. The van der Waals surface area contributed by atoms with Crippen LogP contribution in [0.3, 0.4) is 0 Å². The lowest BCUT2D eigenvalue weighted by atomic mass is 9.74. The summed E-state index contributed by atoms with van der Waals surface area (Å²) in [6.45, 7) is 3.35. The lowest BCUT2D eigenvalue weighted by Gasteiger charge is -2.33. The van der Waals surface area contributed by atoms with Gasteiger partial charge in [-0.3, -0.25) is 14.5 Å². The Morgan fingerprint density at radius 1 is 1.10 bits per heavy atom. The fourth-order valence-electron chi connectivity index (χ4n) is 7.37. The Morgan fingerprint density at radius 3 is 2.45 bits per heavy atom. The SMILES string of the molecule is CCOC(=O)C1CCCN1C.O=C1C[C@@H]2CCC3(CC3)C3CCC4(CC4)C3C2O1. The van der Waals surface area contributed by atoms with Crippen molar-refractivity contribution in [1.29, 1.82) is 0 Å². The number of esters is 2. The monoisotopic (exact) mass is 403 g/mol. The van der Waals surface area contributed by atoms with Crippen molar-refractivity contribution in [3.05, 3.63) is 0 Å². The maximum Gasteiger partial charge on any atom is 0.323 e. The number of hydrogen-bond donors (Lipinski definition) is 0. The van der Waals surface area contributed by atoms with Crippen molar-refractivity contribution in [2.24, 2.45) is 28.6 Å². The van der Waals surface area contributed by atoms with Crippen LogP contribution in [0.2, 0.25) is 0 Å². The summed E-state index contributed by atoms with van der Waals surface area (Å²) in [4.78, 5) is 24.9. The molecule has 6 rings (SSSR count). The normalized spacial score (nSPS) is 40.5. The highest BCUT2D eigenvalue weighted by molar-refractivity contribution is 5.76. The van der Waals surface area contributed by atoms with Gasteiger partial charge in [-0.15, -0.1) is 0 Å². The van der Waals surface area contributed by atoms with Crippen molar-refractivity contribution in [2.45, 2.75) is 89.7 Å². The summed E-state index contributed by atoms with van der Waals surface area (Å²) in [5, 5.41) is 0. The van der Waals surface area contributed by atoms with Crippen LogP contribution in [-0.4, -0.2) is 49.2 Å². The van der Waals surface area contributed by atoms with Gasteiger partial charge in [0.1, 0.15) is 12.1 Å². The molecule has 29 heavy (non-hydrogen) atoms. The number of ether oxygens (including phenoxy) is 2. The van der Waals surface area contributed by atoms with E-state index < -0.39 is 0 Å². The minimum absolute atomic E-state index is 0.0231.